The van der Waals surface area contributed by atoms with E-state index in [4.69, 9.17) is 0 Å². The highest BCUT2D eigenvalue weighted by molar-refractivity contribution is 7.98. The van der Waals surface area contributed by atoms with Crippen molar-refractivity contribution in [2.45, 2.75) is 49.6 Å². The summed E-state index contributed by atoms with van der Waals surface area (Å²) >= 11 is 1.60. The first kappa shape index (κ1) is 19.7. The van der Waals surface area contributed by atoms with Crippen LogP contribution in [0.25, 0.3) is 0 Å². The number of nitrogens with zero attached hydrogens (tertiary/aromatic N) is 3. The van der Waals surface area contributed by atoms with Crippen molar-refractivity contribution in [1.82, 2.24) is 20.1 Å². The number of hydrogen-bond acceptors (Lipinski definition) is 4. The third-order valence-corrected chi connectivity index (χ3v) is 6.40. The van der Waals surface area contributed by atoms with E-state index in [9.17, 15) is 4.79 Å². The number of benzene rings is 2. The summed E-state index contributed by atoms with van der Waals surface area (Å²) in [4.78, 5) is 19.5. The van der Waals surface area contributed by atoms with E-state index in [1.165, 1.54) is 17.5 Å². The van der Waals surface area contributed by atoms with Crippen molar-refractivity contribution in [2.75, 3.05) is 6.54 Å². The van der Waals surface area contributed by atoms with Gasteiger partial charge in [0.2, 0.25) is 0 Å². The summed E-state index contributed by atoms with van der Waals surface area (Å²) in [5, 5.41) is 7.51. The van der Waals surface area contributed by atoms with E-state index in [0.29, 0.717) is 0 Å². The molecule has 0 radical (unpaired) electrons. The minimum absolute atomic E-state index is 0.144. The lowest BCUT2D eigenvalue weighted by Crippen LogP contribution is -2.43. The van der Waals surface area contributed by atoms with Crippen LogP contribution in [-0.4, -0.2) is 38.6 Å². The number of nitrogens with one attached hydrogen (secondary N) is 1. The second kappa shape index (κ2) is 9.27. The maximum Gasteiger partial charge on any atom is 0.254 e. The van der Waals surface area contributed by atoms with E-state index in [0.717, 1.165) is 54.3 Å². The van der Waals surface area contributed by atoms with Crippen LogP contribution in [0.3, 0.4) is 0 Å². The van der Waals surface area contributed by atoms with Crippen molar-refractivity contribution in [1.29, 1.82) is 0 Å². The van der Waals surface area contributed by atoms with Crippen LogP contribution in [0.2, 0.25) is 0 Å². The van der Waals surface area contributed by atoms with Crippen LogP contribution in [0.1, 0.15) is 46.8 Å². The summed E-state index contributed by atoms with van der Waals surface area (Å²) in [6, 6.07) is 16.9. The molecule has 2 aromatic carbocycles. The summed E-state index contributed by atoms with van der Waals surface area (Å²) in [6.07, 6.45) is 5.51. The first-order chi connectivity index (χ1) is 14.2. The zero-order valence-electron chi connectivity index (χ0n) is 16.7. The number of H-pyrrole nitrogens is 1. The molecular weight excluding hydrogens is 380 g/mol. The molecule has 1 aliphatic carbocycles. The molecule has 150 valence electrons. The molecule has 1 aliphatic rings. The van der Waals surface area contributed by atoms with Crippen LogP contribution in [0.15, 0.2) is 60.0 Å². The first-order valence-electron chi connectivity index (χ1n) is 10.2. The second-order valence-corrected chi connectivity index (χ2v) is 8.40. The largest absolute Gasteiger partial charge is 0.335 e. The van der Waals surface area contributed by atoms with Gasteiger partial charge in [-0.2, -0.15) is 5.10 Å². The van der Waals surface area contributed by atoms with E-state index in [-0.39, 0.29) is 11.9 Å². The number of carbonyl (C=O) groups excluding carboxylic acids is 1. The molecule has 1 amide bonds. The van der Waals surface area contributed by atoms with E-state index < -0.39 is 0 Å². The molecule has 6 heteroatoms. The Labute approximate surface area is 175 Å². The van der Waals surface area contributed by atoms with Crippen molar-refractivity contribution in [2.24, 2.45) is 0 Å². The molecule has 1 heterocycles. The molecule has 0 aliphatic heterocycles. The molecule has 1 atom stereocenters. The van der Waals surface area contributed by atoms with Gasteiger partial charge in [0.1, 0.15) is 6.33 Å². The third-order valence-electron chi connectivity index (χ3n) is 5.46. The number of aryl methyl sites for hydroxylation is 1. The fourth-order valence-electron chi connectivity index (χ4n) is 3.96. The lowest BCUT2D eigenvalue weighted by atomic mass is 9.87. The third kappa shape index (κ3) is 4.70. The fourth-order valence-corrected chi connectivity index (χ4v) is 4.70. The quantitative estimate of drug-likeness (QED) is 0.587. The molecule has 4 rings (SSSR count). The number of aromatic amines is 1. The van der Waals surface area contributed by atoms with Crippen LogP contribution in [0.4, 0.5) is 0 Å². The lowest BCUT2D eigenvalue weighted by molar-refractivity contribution is 0.0661. The molecule has 3 aromatic rings. The SMILES string of the molecule is CCCN(C(=O)c1ccc(CSc2ncn[nH]2)cc1)C1CCc2ccccc2C1. The number of rotatable bonds is 7. The Morgan fingerprint density at radius 1 is 1.17 bits per heavy atom. The summed E-state index contributed by atoms with van der Waals surface area (Å²) in [6.45, 7) is 2.94. The van der Waals surface area contributed by atoms with Gasteiger partial charge in [-0.3, -0.25) is 9.89 Å². The van der Waals surface area contributed by atoms with Crippen molar-refractivity contribution in [3.8, 4) is 0 Å². The number of aromatic nitrogens is 3. The van der Waals surface area contributed by atoms with Crippen molar-refractivity contribution >= 4 is 17.7 Å². The second-order valence-electron chi connectivity index (χ2n) is 7.44. The molecule has 0 saturated heterocycles. The summed E-state index contributed by atoms with van der Waals surface area (Å²) < 4.78 is 0. The fraction of sp³-hybridized carbons (Fsp3) is 0.348. The number of amides is 1. The standard InChI is InChI=1S/C23H26N4OS/c1-2-13-27(21-12-11-18-5-3-4-6-20(18)14-21)22(28)19-9-7-17(8-10-19)15-29-23-24-16-25-26-23/h3-10,16,21H,2,11-15H2,1H3,(H,24,25,26). The Kier molecular flexibility index (Phi) is 6.30. The highest BCUT2D eigenvalue weighted by atomic mass is 32.2. The van der Waals surface area contributed by atoms with Gasteiger partial charge in [0.25, 0.3) is 5.91 Å². The van der Waals surface area contributed by atoms with Crippen molar-refractivity contribution in [3.05, 3.63) is 77.1 Å². The molecule has 1 unspecified atom stereocenters. The predicted molar refractivity (Wildman–Crippen MR) is 116 cm³/mol. The van der Waals surface area contributed by atoms with Gasteiger partial charge in [-0.25, -0.2) is 4.98 Å². The monoisotopic (exact) mass is 406 g/mol. The van der Waals surface area contributed by atoms with E-state index in [1.807, 2.05) is 24.3 Å². The normalized spacial score (nSPS) is 15.7. The first-order valence-corrected chi connectivity index (χ1v) is 11.2. The van der Waals surface area contributed by atoms with Gasteiger partial charge < -0.3 is 4.90 Å². The van der Waals surface area contributed by atoms with Crippen LogP contribution < -0.4 is 0 Å². The van der Waals surface area contributed by atoms with Gasteiger partial charge >= 0.3 is 0 Å². The van der Waals surface area contributed by atoms with E-state index in [2.05, 4.69) is 51.3 Å². The maximum absolute atomic E-state index is 13.3. The molecule has 0 spiro atoms. The number of hydrogen-bond donors (Lipinski definition) is 1. The van der Waals surface area contributed by atoms with Gasteiger partial charge in [0, 0.05) is 23.9 Å². The summed E-state index contributed by atoms with van der Waals surface area (Å²) in [5.41, 5.74) is 4.75. The topological polar surface area (TPSA) is 61.9 Å². The zero-order chi connectivity index (χ0) is 20.1. The highest BCUT2D eigenvalue weighted by Gasteiger charge is 2.27. The maximum atomic E-state index is 13.3. The molecule has 1 N–H and O–H groups in total. The minimum atomic E-state index is 0.144. The van der Waals surface area contributed by atoms with Gasteiger partial charge in [0.05, 0.1) is 0 Å². The van der Waals surface area contributed by atoms with Crippen molar-refractivity contribution < 1.29 is 4.79 Å². The Bertz CT molecular complexity index is 940. The molecule has 0 fully saturated rings. The Hall–Kier alpha value is -2.60. The number of fused-ring (bicyclic) bond motifs is 1. The minimum Gasteiger partial charge on any atom is -0.335 e. The van der Waals surface area contributed by atoms with E-state index in [1.54, 1.807) is 11.8 Å². The van der Waals surface area contributed by atoms with Crippen LogP contribution in [-0.2, 0) is 18.6 Å². The molecule has 0 saturated carbocycles. The summed E-state index contributed by atoms with van der Waals surface area (Å²) in [7, 11) is 0. The average Bonchev–Trinajstić information content (AvgIpc) is 3.29. The smallest absolute Gasteiger partial charge is 0.254 e. The van der Waals surface area contributed by atoms with Crippen molar-refractivity contribution in [3.63, 3.8) is 0 Å². The number of carbonyl (C=O) groups is 1. The van der Waals surface area contributed by atoms with Gasteiger partial charge in [-0.05, 0) is 54.5 Å². The Morgan fingerprint density at radius 2 is 1.97 bits per heavy atom. The predicted octanol–water partition coefficient (Wildman–Crippen LogP) is 4.51. The molecule has 29 heavy (non-hydrogen) atoms. The van der Waals surface area contributed by atoms with Crippen LogP contribution >= 0.6 is 11.8 Å². The molecule has 5 nitrogen and oxygen atoms in total. The van der Waals surface area contributed by atoms with Crippen LogP contribution in [0, 0.1) is 0 Å². The summed E-state index contributed by atoms with van der Waals surface area (Å²) in [5.74, 6) is 0.938. The zero-order valence-corrected chi connectivity index (χ0v) is 17.5. The Morgan fingerprint density at radius 3 is 2.69 bits per heavy atom. The van der Waals surface area contributed by atoms with E-state index >= 15 is 0 Å². The lowest BCUT2D eigenvalue weighted by Gasteiger charge is -2.35. The van der Waals surface area contributed by atoms with Gasteiger partial charge in [-0.15, -0.1) is 0 Å². The van der Waals surface area contributed by atoms with Crippen LogP contribution in [0.5, 0.6) is 0 Å². The molecular formula is C23H26N4OS. The Balaban J connectivity index is 1.44. The van der Waals surface area contributed by atoms with Gasteiger partial charge in [-0.1, -0.05) is 55.1 Å². The molecule has 1 aromatic heterocycles. The average molecular weight is 407 g/mol. The molecule has 0 bridgehead atoms. The van der Waals surface area contributed by atoms with Gasteiger partial charge in [0.15, 0.2) is 5.16 Å². The number of thioether (sulfide) groups is 1. The highest BCUT2D eigenvalue weighted by Crippen LogP contribution is 2.26.